The van der Waals surface area contributed by atoms with Crippen molar-refractivity contribution in [3.05, 3.63) is 135 Å². The van der Waals surface area contributed by atoms with Gasteiger partial charge in [-0.15, -0.1) is 0 Å². The summed E-state index contributed by atoms with van der Waals surface area (Å²) in [6.45, 7) is 0.921. The number of anilines is 1. The Morgan fingerprint density at radius 2 is 1.49 bits per heavy atom. The van der Waals surface area contributed by atoms with Gasteiger partial charge in [-0.05, 0) is 58.9 Å². The van der Waals surface area contributed by atoms with Crippen LogP contribution in [0.15, 0.2) is 91.1 Å². The van der Waals surface area contributed by atoms with Gasteiger partial charge in [0.15, 0.2) is 0 Å². The number of pyridine rings is 2. The molecule has 0 saturated heterocycles. The summed E-state index contributed by atoms with van der Waals surface area (Å²) in [5, 5.41) is 46.9. The van der Waals surface area contributed by atoms with Crippen molar-refractivity contribution >= 4 is 46.9 Å². The largest absolute Gasteiger partial charge is 0.481 e. The van der Waals surface area contributed by atoms with Gasteiger partial charge in [-0.3, -0.25) is 14.4 Å². The van der Waals surface area contributed by atoms with Crippen LogP contribution < -0.4 is 25.4 Å². The van der Waals surface area contributed by atoms with E-state index in [4.69, 9.17) is 42.9 Å². The number of ether oxygens (including phenoxy) is 2. The first kappa shape index (κ1) is 43.0. The fraction of sp³-hybridized carbons (Fsp3) is 0.279. The molecular formula is C43H43Cl2N5O9. The van der Waals surface area contributed by atoms with Gasteiger partial charge in [0.2, 0.25) is 11.8 Å². The van der Waals surface area contributed by atoms with E-state index >= 15 is 0 Å². The van der Waals surface area contributed by atoms with E-state index in [2.05, 4.69) is 25.9 Å². The highest BCUT2D eigenvalue weighted by molar-refractivity contribution is 6.37. The summed E-state index contributed by atoms with van der Waals surface area (Å²) in [5.74, 6) is -1.86. The minimum atomic E-state index is -1.10. The molecule has 2 unspecified atom stereocenters. The Labute approximate surface area is 350 Å². The van der Waals surface area contributed by atoms with Crippen molar-refractivity contribution in [2.75, 3.05) is 18.4 Å². The predicted octanol–water partition coefficient (Wildman–Crippen LogP) is 6.20. The fourth-order valence-corrected chi connectivity index (χ4v) is 7.22. The lowest BCUT2D eigenvalue weighted by Gasteiger charge is -2.19. The minimum absolute atomic E-state index is 0.0383. The Kier molecular flexibility index (Phi) is 14.8. The maximum Gasteiger partial charge on any atom is 0.306 e. The Hall–Kier alpha value is -5.61. The molecule has 1 aliphatic carbocycles. The number of aliphatic carboxylic acids is 2. The zero-order valence-corrected chi connectivity index (χ0v) is 33.2. The molecule has 2 aromatic heterocycles. The molecule has 3 aromatic carbocycles. The number of nitrogens with one attached hydrogen (secondary N) is 3. The molecule has 0 fully saturated rings. The van der Waals surface area contributed by atoms with E-state index < -0.39 is 42.6 Å². The van der Waals surface area contributed by atoms with Crippen molar-refractivity contribution in [3.63, 3.8) is 0 Å². The molecule has 14 nitrogen and oxygen atoms in total. The molecule has 0 aliphatic heterocycles. The molecule has 1 amide bonds. The van der Waals surface area contributed by atoms with Crippen molar-refractivity contribution in [2.24, 2.45) is 0 Å². The third kappa shape index (κ3) is 11.8. The first-order valence-electron chi connectivity index (χ1n) is 18.9. The Bertz CT molecular complexity index is 2260. The summed E-state index contributed by atoms with van der Waals surface area (Å²) in [4.78, 5) is 44.2. The number of hydrogen-bond acceptors (Lipinski definition) is 11. The van der Waals surface area contributed by atoms with Gasteiger partial charge in [0.05, 0.1) is 35.6 Å². The van der Waals surface area contributed by atoms with Gasteiger partial charge < -0.3 is 45.9 Å². The van der Waals surface area contributed by atoms with Crippen LogP contribution in [0.4, 0.5) is 5.82 Å². The average Bonchev–Trinajstić information content (AvgIpc) is 3.61. The van der Waals surface area contributed by atoms with Crippen LogP contribution in [0.1, 0.15) is 63.5 Å². The highest BCUT2D eigenvalue weighted by atomic mass is 35.5. The number of carboxylic acid groups (broad SMARTS) is 2. The topological polar surface area (TPSA) is 212 Å². The number of carbonyl (C=O) groups excluding carboxylic acids is 1. The van der Waals surface area contributed by atoms with Gasteiger partial charge in [-0.2, -0.15) is 4.98 Å². The van der Waals surface area contributed by atoms with Crippen LogP contribution in [0.5, 0.6) is 11.8 Å². The molecule has 0 bridgehead atoms. The lowest BCUT2D eigenvalue weighted by Crippen LogP contribution is -2.28. The number of amides is 1. The molecule has 0 saturated carbocycles. The van der Waals surface area contributed by atoms with E-state index in [0.29, 0.717) is 36.3 Å². The number of carboxylic acids is 2. The van der Waals surface area contributed by atoms with Gasteiger partial charge in [0, 0.05) is 43.5 Å². The molecule has 308 valence electrons. The highest BCUT2D eigenvalue weighted by Crippen LogP contribution is 2.43. The molecule has 2 heterocycles. The second kappa shape index (κ2) is 20.4. The lowest BCUT2D eigenvalue weighted by molar-refractivity contribution is -0.140. The third-order valence-electron chi connectivity index (χ3n) is 9.50. The predicted molar refractivity (Wildman–Crippen MR) is 221 cm³/mol. The van der Waals surface area contributed by atoms with Crippen LogP contribution in [0.3, 0.4) is 0 Å². The molecule has 5 aromatic rings. The second-order valence-electron chi connectivity index (χ2n) is 14.0. The smallest absolute Gasteiger partial charge is 0.306 e. The fourth-order valence-electron chi connectivity index (χ4n) is 6.69. The Balaban J connectivity index is 1.15. The Morgan fingerprint density at radius 1 is 0.797 bits per heavy atom. The number of benzene rings is 3. The first-order valence-corrected chi connectivity index (χ1v) is 19.6. The van der Waals surface area contributed by atoms with Gasteiger partial charge in [-0.1, -0.05) is 89.9 Å². The van der Waals surface area contributed by atoms with Gasteiger partial charge in [0.1, 0.15) is 23.6 Å². The number of aliphatic hydroxyl groups excluding tert-OH is 2. The number of carbonyl (C=O) groups is 3. The zero-order chi connectivity index (χ0) is 41.9. The highest BCUT2D eigenvalue weighted by Gasteiger charge is 2.29. The van der Waals surface area contributed by atoms with Crippen molar-refractivity contribution in [3.8, 4) is 22.9 Å². The number of halogens is 2. The number of rotatable bonds is 20. The second-order valence-corrected chi connectivity index (χ2v) is 14.8. The summed E-state index contributed by atoms with van der Waals surface area (Å²) in [7, 11) is 0. The summed E-state index contributed by atoms with van der Waals surface area (Å²) >= 11 is 13.7. The van der Waals surface area contributed by atoms with Gasteiger partial charge in [0.25, 0.3) is 5.91 Å². The number of aliphatic hydroxyl groups is 2. The van der Waals surface area contributed by atoms with E-state index in [0.717, 1.165) is 27.8 Å². The third-order valence-corrected chi connectivity index (χ3v) is 10.2. The lowest BCUT2D eigenvalue weighted by atomic mass is 9.95. The van der Waals surface area contributed by atoms with E-state index in [1.807, 2.05) is 54.6 Å². The Morgan fingerprint density at radius 3 is 2.19 bits per heavy atom. The van der Waals surface area contributed by atoms with E-state index in [1.165, 1.54) is 0 Å². The van der Waals surface area contributed by atoms with Crippen LogP contribution in [-0.2, 0) is 35.7 Å². The van der Waals surface area contributed by atoms with Crippen LogP contribution in [0.2, 0.25) is 10.0 Å². The van der Waals surface area contributed by atoms with Crippen molar-refractivity contribution < 1.29 is 44.3 Å². The monoisotopic (exact) mass is 843 g/mol. The van der Waals surface area contributed by atoms with Crippen LogP contribution in [0.25, 0.3) is 11.1 Å². The van der Waals surface area contributed by atoms with Gasteiger partial charge >= 0.3 is 11.9 Å². The quantitative estimate of drug-likeness (QED) is 0.0466. The van der Waals surface area contributed by atoms with Crippen molar-refractivity contribution in [1.82, 2.24) is 20.6 Å². The molecule has 1 aliphatic rings. The van der Waals surface area contributed by atoms with Crippen LogP contribution in [0, 0.1) is 0 Å². The number of aromatic nitrogens is 2. The molecular weight excluding hydrogens is 801 g/mol. The molecule has 6 rings (SSSR count). The number of nitrogens with zero attached hydrogens (tertiary/aromatic N) is 2. The summed E-state index contributed by atoms with van der Waals surface area (Å²) in [5.41, 5.74) is 6.02. The molecule has 7 N–H and O–H groups in total. The zero-order valence-electron chi connectivity index (χ0n) is 31.7. The summed E-state index contributed by atoms with van der Waals surface area (Å²) < 4.78 is 12.6. The van der Waals surface area contributed by atoms with Crippen LogP contribution >= 0.6 is 23.2 Å². The van der Waals surface area contributed by atoms with Crippen LogP contribution in [-0.4, -0.2) is 73.5 Å². The van der Waals surface area contributed by atoms with E-state index in [1.54, 1.807) is 36.5 Å². The number of hydrogen-bond donors (Lipinski definition) is 7. The van der Waals surface area contributed by atoms with Crippen molar-refractivity contribution in [1.29, 1.82) is 0 Å². The normalized spacial score (nSPS) is 14.3. The molecule has 3 atom stereocenters. The molecule has 0 spiro atoms. The maximum absolute atomic E-state index is 13.5. The summed E-state index contributed by atoms with van der Waals surface area (Å²) in [6.07, 6.45) is -0.396. The van der Waals surface area contributed by atoms with E-state index in [9.17, 15) is 24.6 Å². The SMILES string of the molecule is O=C(O)CC(O)CNCc1ccc(NC(=O)c2cccc(-c3cccc4c3CC[C@@H]4Oc3nc(OCc4ccccc4)c(CNCC(O)CC(=O)O)cc3Cl)c2Cl)nc1. The standard InChI is InChI=1S/C43H43Cl2N5O9/c44-35-16-27(21-47-23-29(52)18-39(55)56)42(58-24-25-6-2-1-3-7-25)50-43(35)59-36-14-13-31-30(8-4-9-32(31)36)33-10-5-11-34(40(33)45)41(57)49-37-15-12-26(20-48-37)19-46-22-28(51)17-38(53)54/h1-12,15-16,20,28-29,36,46-47,51-52H,13-14,17-19,21-24H2,(H,53,54)(H,55,56)(H,48,49,57)/t28?,29?,36-/m0/s1. The minimum Gasteiger partial charge on any atom is -0.481 e. The summed E-state index contributed by atoms with van der Waals surface area (Å²) in [6, 6.07) is 25.8. The average molecular weight is 845 g/mol. The maximum atomic E-state index is 13.5. The molecule has 16 heteroatoms. The molecule has 59 heavy (non-hydrogen) atoms. The number of fused-ring (bicyclic) bond motifs is 1. The van der Waals surface area contributed by atoms with Gasteiger partial charge in [-0.25, -0.2) is 4.98 Å². The first-order chi connectivity index (χ1) is 28.4. The van der Waals surface area contributed by atoms with Crippen molar-refractivity contribution in [2.45, 2.75) is 63.7 Å². The molecule has 0 radical (unpaired) electrons. The van der Waals surface area contributed by atoms with E-state index in [-0.39, 0.29) is 60.0 Å².